The molecule has 3 aromatic rings. The lowest BCUT2D eigenvalue weighted by atomic mass is 10.1. The predicted molar refractivity (Wildman–Crippen MR) is 115 cm³/mol. The number of amides is 1. The smallest absolute Gasteiger partial charge is 0.338 e. The molecule has 160 valence electrons. The summed E-state index contributed by atoms with van der Waals surface area (Å²) in [4.78, 5) is 35.7. The molecule has 1 amide bonds. The van der Waals surface area contributed by atoms with Crippen molar-refractivity contribution in [1.82, 2.24) is 0 Å². The molecule has 0 atom stereocenters. The quantitative estimate of drug-likeness (QED) is 0.335. The Bertz CT molecular complexity index is 1200. The maximum atomic E-state index is 12.5. The van der Waals surface area contributed by atoms with E-state index in [0.29, 0.717) is 34.7 Å². The van der Waals surface area contributed by atoms with Gasteiger partial charge in [0, 0.05) is 35.7 Å². The fourth-order valence-corrected chi connectivity index (χ4v) is 2.92. The predicted octanol–water partition coefficient (Wildman–Crippen LogP) is 3.68. The summed E-state index contributed by atoms with van der Waals surface area (Å²) in [6.07, 6.45) is 1.60. The summed E-state index contributed by atoms with van der Waals surface area (Å²) >= 11 is 0. The Balaban J connectivity index is 1.80. The first-order valence-electron chi connectivity index (χ1n) is 9.34. The van der Waals surface area contributed by atoms with E-state index in [0.717, 1.165) is 0 Å². The summed E-state index contributed by atoms with van der Waals surface area (Å²) in [5.41, 5.74) is 0.914. The Hall–Kier alpha value is -4.07. The van der Waals surface area contributed by atoms with Crippen molar-refractivity contribution in [3.05, 3.63) is 76.7 Å². The van der Waals surface area contributed by atoms with Crippen molar-refractivity contribution in [2.24, 2.45) is 0 Å². The minimum absolute atomic E-state index is 0.141. The molecule has 31 heavy (non-hydrogen) atoms. The molecule has 3 rings (SSSR count). The molecule has 8 heteroatoms. The van der Waals surface area contributed by atoms with Crippen LogP contribution >= 0.6 is 0 Å². The van der Waals surface area contributed by atoms with Crippen molar-refractivity contribution >= 4 is 28.5 Å². The molecule has 2 aromatic carbocycles. The molecule has 1 N–H and O–H groups in total. The number of rotatable bonds is 8. The number of anilines is 1. The largest absolute Gasteiger partial charge is 0.493 e. The van der Waals surface area contributed by atoms with Crippen LogP contribution < -0.4 is 20.4 Å². The van der Waals surface area contributed by atoms with Gasteiger partial charge in [0.15, 0.2) is 11.5 Å². The summed E-state index contributed by atoms with van der Waals surface area (Å²) in [5.74, 6) is 0.0149. The first kappa shape index (κ1) is 21.6. The first-order valence-corrected chi connectivity index (χ1v) is 9.34. The van der Waals surface area contributed by atoms with E-state index in [1.807, 2.05) is 0 Å². The molecule has 0 bridgehead atoms. The highest BCUT2D eigenvalue weighted by molar-refractivity contribution is 5.93. The Morgan fingerprint density at radius 3 is 2.65 bits per heavy atom. The van der Waals surface area contributed by atoms with E-state index in [4.69, 9.17) is 18.6 Å². The molecule has 0 aliphatic carbocycles. The first-order chi connectivity index (χ1) is 14.9. The van der Waals surface area contributed by atoms with E-state index < -0.39 is 11.6 Å². The third-order valence-corrected chi connectivity index (χ3v) is 4.27. The topological polar surface area (TPSA) is 104 Å². The zero-order valence-electron chi connectivity index (χ0n) is 17.1. The second kappa shape index (κ2) is 9.62. The molecule has 1 heterocycles. The Labute approximate surface area is 178 Å². The molecular weight excluding hydrogens is 402 g/mol. The summed E-state index contributed by atoms with van der Waals surface area (Å²) < 4.78 is 21.3. The van der Waals surface area contributed by atoms with E-state index in [9.17, 15) is 14.4 Å². The number of carbonyl (C=O) groups is 2. The van der Waals surface area contributed by atoms with Crippen LogP contribution in [0, 0.1) is 0 Å². The second-order valence-corrected chi connectivity index (χ2v) is 6.52. The van der Waals surface area contributed by atoms with Gasteiger partial charge in [-0.1, -0.05) is 12.7 Å². The fourth-order valence-electron chi connectivity index (χ4n) is 2.92. The van der Waals surface area contributed by atoms with Gasteiger partial charge in [-0.15, -0.1) is 0 Å². The monoisotopic (exact) mass is 423 g/mol. The molecule has 0 unspecified atom stereocenters. The van der Waals surface area contributed by atoms with E-state index in [2.05, 4.69) is 11.9 Å². The fraction of sp³-hybridized carbons (Fsp3) is 0.174. The molecular formula is C23H21NO7. The summed E-state index contributed by atoms with van der Waals surface area (Å²) in [5, 5.41) is 3.21. The molecule has 0 fully saturated rings. The van der Waals surface area contributed by atoms with Gasteiger partial charge in [-0.2, -0.15) is 0 Å². The zero-order valence-corrected chi connectivity index (χ0v) is 17.1. The number of fused-ring (bicyclic) bond motifs is 1. The van der Waals surface area contributed by atoms with E-state index in [1.165, 1.54) is 32.2 Å². The third kappa shape index (κ3) is 5.30. The van der Waals surface area contributed by atoms with Crippen LogP contribution in [0.25, 0.3) is 11.0 Å². The van der Waals surface area contributed by atoms with Crippen LogP contribution in [0.2, 0.25) is 0 Å². The van der Waals surface area contributed by atoms with E-state index in [1.54, 1.807) is 30.3 Å². The van der Waals surface area contributed by atoms with Crippen molar-refractivity contribution in [2.45, 2.75) is 13.5 Å². The number of hydrogen-bond donors (Lipinski definition) is 1. The number of benzene rings is 2. The molecule has 1 aromatic heterocycles. The van der Waals surface area contributed by atoms with Crippen molar-refractivity contribution in [2.75, 3.05) is 19.0 Å². The normalized spacial score (nSPS) is 10.4. The van der Waals surface area contributed by atoms with Gasteiger partial charge in [0.05, 0.1) is 12.7 Å². The Morgan fingerprint density at radius 2 is 1.94 bits per heavy atom. The number of esters is 1. The van der Waals surface area contributed by atoms with Gasteiger partial charge < -0.3 is 23.9 Å². The van der Waals surface area contributed by atoms with Crippen LogP contribution in [0.4, 0.5) is 5.69 Å². The summed E-state index contributed by atoms with van der Waals surface area (Å²) in [6, 6.07) is 10.8. The highest BCUT2D eigenvalue weighted by atomic mass is 16.5. The van der Waals surface area contributed by atoms with Gasteiger partial charge in [0.2, 0.25) is 5.91 Å². The SMILES string of the molecule is C=CCOc1ccc(C(=O)OCc2cc(=O)oc3cc(NC(C)=O)ccc23)cc1OC. The van der Waals surface area contributed by atoms with Crippen LogP contribution in [0.3, 0.4) is 0 Å². The molecule has 0 radical (unpaired) electrons. The maximum absolute atomic E-state index is 12.5. The van der Waals surface area contributed by atoms with Gasteiger partial charge in [-0.05, 0) is 30.3 Å². The van der Waals surface area contributed by atoms with Gasteiger partial charge in [-0.25, -0.2) is 9.59 Å². The molecule has 0 saturated heterocycles. The second-order valence-electron chi connectivity index (χ2n) is 6.52. The van der Waals surface area contributed by atoms with Crippen molar-refractivity contribution in [3.63, 3.8) is 0 Å². The number of methoxy groups -OCH3 is 1. The van der Waals surface area contributed by atoms with Crippen LogP contribution in [0.15, 0.2) is 64.3 Å². The van der Waals surface area contributed by atoms with Crippen LogP contribution in [0.5, 0.6) is 11.5 Å². The number of nitrogens with one attached hydrogen (secondary N) is 1. The molecule has 0 spiro atoms. The molecule has 0 saturated carbocycles. The third-order valence-electron chi connectivity index (χ3n) is 4.27. The average Bonchev–Trinajstić information content (AvgIpc) is 2.74. The maximum Gasteiger partial charge on any atom is 0.338 e. The highest BCUT2D eigenvalue weighted by Gasteiger charge is 2.14. The van der Waals surface area contributed by atoms with Crippen LogP contribution in [0.1, 0.15) is 22.8 Å². The minimum atomic E-state index is -0.594. The highest BCUT2D eigenvalue weighted by Crippen LogP contribution is 2.29. The standard InChI is InChI=1S/C23H21NO7/c1-4-9-29-19-8-5-15(10-21(19)28-3)23(27)30-13-16-11-22(26)31-20-12-17(24-14(2)25)6-7-18(16)20/h4-8,10-12H,1,9,13H2,2-3H3,(H,24,25). The van der Waals surface area contributed by atoms with E-state index >= 15 is 0 Å². The van der Waals surface area contributed by atoms with Gasteiger partial charge in [-0.3, -0.25) is 4.79 Å². The van der Waals surface area contributed by atoms with E-state index in [-0.39, 0.29) is 23.7 Å². The van der Waals surface area contributed by atoms with Crippen LogP contribution in [-0.4, -0.2) is 25.6 Å². The average molecular weight is 423 g/mol. The summed E-state index contributed by atoms with van der Waals surface area (Å²) in [7, 11) is 1.47. The summed E-state index contributed by atoms with van der Waals surface area (Å²) in [6.45, 7) is 5.12. The van der Waals surface area contributed by atoms with Gasteiger partial charge in [0.25, 0.3) is 0 Å². The van der Waals surface area contributed by atoms with Crippen LogP contribution in [-0.2, 0) is 16.1 Å². The van der Waals surface area contributed by atoms with Gasteiger partial charge in [0.1, 0.15) is 18.8 Å². The molecule has 8 nitrogen and oxygen atoms in total. The number of ether oxygens (including phenoxy) is 3. The Kier molecular flexibility index (Phi) is 6.71. The number of carbonyl (C=O) groups excluding carboxylic acids is 2. The Morgan fingerprint density at radius 1 is 1.13 bits per heavy atom. The lowest BCUT2D eigenvalue weighted by Crippen LogP contribution is -2.09. The number of hydrogen-bond acceptors (Lipinski definition) is 7. The molecule has 0 aliphatic rings. The lowest BCUT2D eigenvalue weighted by molar-refractivity contribution is -0.114. The zero-order chi connectivity index (χ0) is 22.4. The minimum Gasteiger partial charge on any atom is -0.493 e. The lowest BCUT2D eigenvalue weighted by Gasteiger charge is -2.11. The van der Waals surface area contributed by atoms with Crippen molar-refractivity contribution in [1.29, 1.82) is 0 Å². The van der Waals surface area contributed by atoms with Crippen molar-refractivity contribution < 1.29 is 28.2 Å². The van der Waals surface area contributed by atoms with Gasteiger partial charge >= 0.3 is 11.6 Å². The molecule has 0 aliphatic heterocycles. The van der Waals surface area contributed by atoms with Crippen molar-refractivity contribution in [3.8, 4) is 11.5 Å².